The van der Waals surface area contributed by atoms with Gasteiger partial charge in [0.15, 0.2) is 5.78 Å². The lowest BCUT2D eigenvalue weighted by Gasteiger charge is -2.35. The quantitative estimate of drug-likeness (QED) is 0.379. The molecule has 1 saturated heterocycles. The zero-order valence-corrected chi connectivity index (χ0v) is 17.9. The van der Waals surface area contributed by atoms with Crippen LogP contribution >= 0.6 is 0 Å². The van der Waals surface area contributed by atoms with E-state index in [1.54, 1.807) is 29.2 Å². The molecule has 9 heteroatoms. The first-order valence-corrected chi connectivity index (χ1v) is 11.3. The maximum Gasteiger partial charge on any atom is 0.293 e. The molecule has 1 heterocycles. The van der Waals surface area contributed by atoms with Crippen molar-refractivity contribution in [3.05, 3.63) is 63.7 Å². The van der Waals surface area contributed by atoms with Gasteiger partial charge in [-0.25, -0.2) is 8.42 Å². The predicted molar refractivity (Wildman–Crippen MR) is 115 cm³/mol. The van der Waals surface area contributed by atoms with Crippen LogP contribution in [0.1, 0.15) is 36.2 Å². The molecule has 0 spiro atoms. The van der Waals surface area contributed by atoms with Gasteiger partial charge in [0.1, 0.15) is 5.69 Å². The fourth-order valence-electron chi connectivity index (χ4n) is 3.59. The summed E-state index contributed by atoms with van der Waals surface area (Å²) in [4.78, 5) is 24.6. The van der Waals surface area contributed by atoms with Gasteiger partial charge in [-0.05, 0) is 43.2 Å². The number of ketones is 1. The Bertz CT molecular complexity index is 1040. The van der Waals surface area contributed by atoms with Crippen LogP contribution in [0.15, 0.2) is 47.4 Å². The number of Topliss-reactive ketones (excluding diaryl/α,β-unsaturated/α-hetero) is 1. The number of benzene rings is 2. The Labute approximate surface area is 176 Å². The van der Waals surface area contributed by atoms with Crippen molar-refractivity contribution in [2.45, 2.75) is 31.6 Å². The summed E-state index contributed by atoms with van der Waals surface area (Å²) in [6.45, 7) is 4.54. The van der Waals surface area contributed by atoms with Gasteiger partial charge in [-0.15, -0.1) is 0 Å². The number of carbonyl (C=O) groups excluding carboxylic acids is 1. The molecule has 1 fully saturated rings. The van der Waals surface area contributed by atoms with E-state index in [1.165, 1.54) is 17.3 Å². The highest BCUT2D eigenvalue weighted by Gasteiger charge is 2.31. The van der Waals surface area contributed by atoms with E-state index in [2.05, 4.69) is 6.92 Å². The fourth-order valence-corrected chi connectivity index (χ4v) is 5.01. The SMILES string of the molecule is CCCc1ccc(S(=O)(=O)N2CCN(c3ccc(C(C)=O)cc3[N+](=O)[O-])CC2)cc1. The number of nitrogens with zero attached hydrogens (tertiary/aromatic N) is 3. The third kappa shape index (κ3) is 4.52. The van der Waals surface area contributed by atoms with Crippen molar-refractivity contribution in [3.8, 4) is 0 Å². The molecule has 0 aliphatic carbocycles. The number of piperazine rings is 1. The minimum absolute atomic E-state index is 0.148. The van der Waals surface area contributed by atoms with E-state index in [9.17, 15) is 23.3 Å². The Morgan fingerprint density at radius 1 is 1.07 bits per heavy atom. The van der Waals surface area contributed by atoms with E-state index < -0.39 is 14.9 Å². The number of anilines is 1. The van der Waals surface area contributed by atoms with Gasteiger partial charge < -0.3 is 4.90 Å². The van der Waals surface area contributed by atoms with Crippen molar-refractivity contribution in [2.24, 2.45) is 0 Å². The van der Waals surface area contributed by atoms with Crippen LogP contribution in [0.4, 0.5) is 11.4 Å². The van der Waals surface area contributed by atoms with Crippen LogP contribution in [0.3, 0.4) is 0 Å². The molecule has 30 heavy (non-hydrogen) atoms. The number of carbonyl (C=O) groups is 1. The molecular formula is C21H25N3O5S. The van der Waals surface area contributed by atoms with Crippen LogP contribution in [0.5, 0.6) is 0 Å². The Kier molecular flexibility index (Phi) is 6.52. The highest BCUT2D eigenvalue weighted by atomic mass is 32.2. The summed E-state index contributed by atoms with van der Waals surface area (Å²) >= 11 is 0. The lowest BCUT2D eigenvalue weighted by Crippen LogP contribution is -2.48. The Morgan fingerprint density at radius 3 is 2.23 bits per heavy atom. The summed E-state index contributed by atoms with van der Waals surface area (Å²) in [5, 5.41) is 11.5. The molecule has 0 bridgehead atoms. The second kappa shape index (κ2) is 8.93. The van der Waals surface area contributed by atoms with Gasteiger partial charge in [0, 0.05) is 37.8 Å². The zero-order valence-electron chi connectivity index (χ0n) is 17.1. The standard InChI is InChI=1S/C21H25N3O5S/c1-3-4-17-5-8-19(9-6-17)30(28,29)23-13-11-22(12-14-23)20-10-7-18(16(2)25)15-21(20)24(26)27/h5-10,15H,3-4,11-14H2,1-2H3. The van der Waals surface area contributed by atoms with Gasteiger partial charge in [-0.2, -0.15) is 4.31 Å². The largest absolute Gasteiger partial charge is 0.363 e. The third-order valence-electron chi connectivity index (χ3n) is 5.26. The molecule has 0 unspecified atom stereocenters. The zero-order chi connectivity index (χ0) is 21.9. The number of sulfonamides is 1. The van der Waals surface area contributed by atoms with Crippen molar-refractivity contribution in [3.63, 3.8) is 0 Å². The highest BCUT2D eigenvalue weighted by Crippen LogP contribution is 2.31. The lowest BCUT2D eigenvalue weighted by atomic mass is 10.1. The third-order valence-corrected chi connectivity index (χ3v) is 7.17. The minimum atomic E-state index is -3.62. The summed E-state index contributed by atoms with van der Waals surface area (Å²) in [5.74, 6) is -0.245. The molecule has 8 nitrogen and oxygen atoms in total. The van der Waals surface area contributed by atoms with Crippen molar-refractivity contribution in [2.75, 3.05) is 31.1 Å². The van der Waals surface area contributed by atoms with Crippen LogP contribution in [0.25, 0.3) is 0 Å². The summed E-state index contributed by atoms with van der Waals surface area (Å²) in [6.07, 6.45) is 1.90. The van der Waals surface area contributed by atoms with E-state index in [1.807, 2.05) is 12.1 Å². The topological polar surface area (TPSA) is 101 Å². The number of aryl methyl sites for hydroxylation is 1. The molecule has 0 amide bonds. The minimum Gasteiger partial charge on any atom is -0.363 e. The van der Waals surface area contributed by atoms with Crippen molar-refractivity contribution in [1.29, 1.82) is 0 Å². The van der Waals surface area contributed by atoms with Crippen LogP contribution < -0.4 is 4.90 Å². The maximum atomic E-state index is 13.0. The maximum absolute atomic E-state index is 13.0. The molecule has 0 atom stereocenters. The van der Waals surface area contributed by atoms with Crippen molar-refractivity contribution in [1.82, 2.24) is 4.31 Å². The molecule has 1 aliphatic rings. The molecule has 3 rings (SSSR count). The molecule has 2 aromatic carbocycles. The highest BCUT2D eigenvalue weighted by molar-refractivity contribution is 7.89. The number of nitro groups is 1. The molecule has 160 valence electrons. The molecular weight excluding hydrogens is 406 g/mol. The van der Waals surface area contributed by atoms with E-state index >= 15 is 0 Å². The number of hydrogen-bond donors (Lipinski definition) is 0. The molecule has 0 N–H and O–H groups in total. The van der Waals surface area contributed by atoms with E-state index in [0.717, 1.165) is 18.4 Å². The van der Waals surface area contributed by atoms with Gasteiger partial charge in [-0.1, -0.05) is 25.5 Å². The molecule has 0 radical (unpaired) electrons. The summed E-state index contributed by atoms with van der Waals surface area (Å²) in [7, 11) is -3.62. The van der Waals surface area contributed by atoms with Crippen LogP contribution in [0, 0.1) is 10.1 Å². The number of nitro benzene ring substituents is 1. The van der Waals surface area contributed by atoms with Gasteiger partial charge >= 0.3 is 0 Å². The van der Waals surface area contributed by atoms with Crippen molar-refractivity contribution >= 4 is 27.2 Å². The first-order chi connectivity index (χ1) is 14.2. The lowest BCUT2D eigenvalue weighted by molar-refractivity contribution is -0.384. The normalized spacial score (nSPS) is 15.2. The van der Waals surface area contributed by atoms with Gasteiger partial charge in [-0.3, -0.25) is 14.9 Å². The predicted octanol–water partition coefficient (Wildman–Crippen LogP) is 3.26. The van der Waals surface area contributed by atoms with Gasteiger partial charge in [0.2, 0.25) is 10.0 Å². The Balaban J connectivity index is 1.76. The average Bonchev–Trinajstić information content (AvgIpc) is 2.74. The first-order valence-electron chi connectivity index (χ1n) is 9.87. The Hall–Kier alpha value is -2.78. The molecule has 1 aliphatic heterocycles. The van der Waals surface area contributed by atoms with Crippen LogP contribution in [-0.4, -0.2) is 49.6 Å². The number of hydrogen-bond acceptors (Lipinski definition) is 6. The Morgan fingerprint density at radius 2 is 1.70 bits per heavy atom. The molecule has 0 aromatic heterocycles. The molecule has 2 aromatic rings. The van der Waals surface area contributed by atoms with Gasteiger partial charge in [0.05, 0.1) is 9.82 Å². The van der Waals surface area contributed by atoms with Crippen molar-refractivity contribution < 1.29 is 18.1 Å². The smallest absolute Gasteiger partial charge is 0.293 e. The second-order valence-corrected chi connectivity index (χ2v) is 9.24. The summed E-state index contributed by atoms with van der Waals surface area (Å²) < 4.78 is 27.3. The molecule has 0 saturated carbocycles. The summed E-state index contributed by atoms with van der Waals surface area (Å²) in [6, 6.07) is 11.4. The fraction of sp³-hybridized carbons (Fsp3) is 0.381. The summed E-state index contributed by atoms with van der Waals surface area (Å²) in [5.41, 5.74) is 1.62. The van der Waals surface area contributed by atoms with Crippen LogP contribution in [-0.2, 0) is 16.4 Å². The number of rotatable bonds is 7. The van der Waals surface area contributed by atoms with E-state index in [0.29, 0.717) is 18.8 Å². The first kappa shape index (κ1) is 21.9. The van der Waals surface area contributed by atoms with E-state index in [-0.39, 0.29) is 35.0 Å². The second-order valence-electron chi connectivity index (χ2n) is 7.30. The van der Waals surface area contributed by atoms with E-state index in [4.69, 9.17) is 0 Å². The van der Waals surface area contributed by atoms with Gasteiger partial charge in [0.25, 0.3) is 5.69 Å². The monoisotopic (exact) mass is 431 g/mol. The van der Waals surface area contributed by atoms with Crippen LogP contribution in [0.2, 0.25) is 0 Å². The average molecular weight is 432 g/mol.